The van der Waals surface area contributed by atoms with Crippen molar-refractivity contribution in [3.8, 4) is 0 Å². The molecule has 0 aliphatic rings. The van der Waals surface area contributed by atoms with Crippen LogP contribution in [0.2, 0.25) is 0 Å². The minimum absolute atomic E-state index is 0.108. The minimum atomic E-state index is -4.96. The molecule has 97 heavy (non-hydrogen) atoms. The summed E-state index contributed by atoms with van der Waals surface area (Å²) in [6.45, 7) is 7.32. The second-order valence-corrected chi connectivity index (χ2v) is 31.5. The molecule has 2 unspecified atom stereocenters. The molecule has 5 atom stereocenters. The van der Waals surface area contributed by atoms with Crippen LogP contribution in [0, 0.1) is 5.92 Å². The highest BCUT2D eigenvalue weighted by molar-refractivity contribution is 7.47. The molecule has 0 aromatic rings. The average molecular weight is 1420 g/mol. The third kappa shape index (κ3) is 72.2. The van der Waals surface area contributed by atoms with Crippen LogP contribution in [0.5, 0.6) is 0 Å². The maximum atomic E-state index is 13.1. The largest absolute Gasteiger partial charge is 0.472 e. The van der Waals surface area contributed by atoms with Gasteiger partial charge in [0.15, 0.2) is 12.2 Å². The lowest BCUT2D eigenvalue weighted by Gasteiger charge is -2.21. The Labute approximate surface area is 594 Å². The van der Waals surface area contributed by atoms with Crippen molar-refractivity contribution in [3.05, 3.63) is 0 Å². The van der Waals surface area contributed by atoms with Crippen LogP contribution in [-0.4, -0.2) is 96.7 Å². The lowest BCUT2D eigenvalue weighted by Crippen LogP contribution is -2.30. The van der Waals surface area contributed by atoms with Crippen molar-refractivity contribution in [1.82, 2.24) is 0 Å². The predicted octanol–water partition coefficient (Wildman–Crippen LogP) is 23.3. The van der Waals surface area contributed by atoms with E-state index < -0.39 is 97.5 Å². The van der Waals surface area contributed by atoms with Gasteiger partial charge in [-0.2, -0.15) is 0 Å². The van der Waals surface area contributed by atoms with E-state index in [1.54, 1.807) is 0 Å². The molecule has 0 rings (SSSR count). The molecule has 0 aliphatic heterocycles. The number of phosphoric ester groups is 2. The summed E-state index contributed by atoms with van der Waals surface area (Å²) in [5, 5.41) is 10.6. The van der Waals surface area contributed by atoms with Crippen molar-refractivity contribution in [2.75, 3.05) is 39.6 Å². The first kappa shape index (κ1) is 95.1. The summed E-state index contributed by atoms with van der Waals surface area (Å²) in [5.74, 6) is -1.31. The number of hydrogen-bond donors (Lipinski definition) is 3. The number of phosphoric acid groups is 2. The van der Waals surface area contributed by atoms with Gasteiger partial charge < -0.3 is 33.8 Å². The van der Waals surface area contributed by atoms with Gasteiger partial charge in [-0.25, -0.2) is 9.13 Å². The van der Waals surface area contributed by atoms with Gasteiger partial charge in [0.25, 0.3) is 0 Å². The van der Waals surface area contributed by atoms with Gasteiger partial charge in [-0.15, -0.1) is 0 Å². The van der Waals surface area contributed by atoms with Gasteiger partial charge >= 0.3 is 39.5 Å². The van der Waals surface area contributed by atoms with E-state index in [2.05, 4.69) is 34.6 Å². The monoisotopic (exact) mass is 1420 g/mol. The Morgan fingerprint density at radius 3 is 0.701 bits per heavy atom. The van der Waals surface area contributed by atoms with Crippen LogP contribution in [0.1, 0.15) is 413 Å². The number of unbranched alkanes of at least 4 members (excludes halogenated alkanes) is 50. The second kappa shape index (κ2) is 71.1. The van der Waals surface area contributed by atoms with Crippen LogP contribution >= 0.6 is 15.6 Å². The Kier molecular flexibility index (Phi) is 69.6. The smallest absolute Gasteiger partial charge is 0.462 e. The van der Waals surface area contributed by atoms with Crippen molar-refractivity contribution in [1.29, 1.82) is 0 Å². The van der Waals surface area contributed by atoms with E-state index in [9.17, 15) is 43.2 Å². The quantitative estimate of drug-likeness (QED) is 0.0222. The third-order valence-corrected chi connectivity index (χ3v) is 20.2. The summed E-state index contributed by atoms with van der Waals surface area (Å²) < 4.78 is 68.6. The third-order valence-electron chi connectivity index (χ3n) is 18.3. The van der Waals surface area contributed by atoms with E-state index in [1.165, 1.54) is 238 Å². The van der Waals surface area contributed by atoms with Crippen LogP contribution in [0.3, 0.4) is 0 Å². The van der Waals surface area contributed by atoms with Gasteiger partial charge in [0.2, 0.25) is 0 Å². The Morgan fingerprint density at radius 1 is 0.278 bits per heavy atom. The van der Waals surface area contributed by atoms with Gasteiger partial charge in [0, 0.05) is 25.7 Å². The fraction of sp³-hybridized carbons (Fsp3) is 0.949. The van der Waals surface area contributed by atoms with Gasteiger partial charge in [-0.3, -0.25) is 37.3 Å². The molecular weight excluding hydrogens is 1270 g/mol. The Morgan fingerprint density at radius 2 is 0.474 bits per heavy atom. The minimum Gasteiger partial charge on any atom is -0.462 e. The lowest BCUT2D eigenvalue weighted by molar-refractivity contribution is -0.161. The standard InChI is InChI=1S/C78H152O17P2/c1-6-9-12-15-18-21-23-25-26-27-28-29-35-39-44-49-54-59-64-78(83)95-74(68-89-76(81)62-57-52-47-42-37-34-31-30-33-36-41-45-50-55-60-71(4)5)70-93-97(86,87)91-66-72(79)65-90-96(84,85)92-69-73(67-88-75(80)61-56-51-46-40-20-17-14-11-8-3)94-77(82)63-58-53-48-43-38-32-24-22-19-16-13-10-7-2/h71-74,79H,6-70H2,1-5H3,(H,84,85)(H,86,87)/t72-,73+,74+/m0/s1. The molecule has 0 fully saturated rings. The molecule has 0 amide bonds. The number of aliphatic hydroxyl groups is 1. The summed E-state index contributed by atoms with van der Waals surface area (Å²) >= 11 is 0. The van der Waals surface area contributed by atoms with Crippen LogP contribution < -0.4 is 0 Å². The highest BCUT2D eigenvalue weighted by Crippen LogP contribution is 2.45. The van der Waals surface area contributed by atoms with Crippen LogP contribution in [0.15, 0.2) is 0 Å². The zero-order valence-corrected chi connectivity index (χ0v) is 65.0. The van der Waals surface area contributed by atoms with Crippen LogP contribution in [-0.2, 0) is 65.4 Å². The van der Waals surface area contributed by atoms with E-state index in [0.29, 0.717) is 25.7 Å². The Hall–Kier alpha value is -1.94. The highest BCUT2D eigenvalue weighted by Gasteiger charge is 2.30. The molecule has 3 N–H and O–H groups in total. The van der Waals surface area contributed by atoms with E-state index in [-0.39, 0.29) is 25.7 Å². The average Bonchev–Trinajstić information content (AvgIpc) is 2.54. The van der Waals surface area contributed by atoms with Gasteiger partial charge in [-0.1, -0.05) is 362 Å². The molecular formula is C78H152O17P2. The van der Waals surface area contributed by atoms with Crippen molar-refractivity contribution in [3.63, 3.8) is 0 Å². The van der Waals surface area contributed by atoms with E-state index in [4.69, 9.17) is 37.0 Å². The zero-order chi connectivity index (χ0) is 71.2. The fourth-order valence-electron chi connectivity index (χ4n) is 12.1. The number of ether oxygens (including phenoxy) is 4. The van der Waals surface area contributed by atoms with Gasteiger partial charge in [0.1, 0.15) is 19.3 Å². The van der Waals surface area contributed by atoms with Crippen molar-refractivity contribution < 1.29 is 80.2 Å². The molecule has 0 aliphatic carbocycles. The SMILES string of the molecule is CCCCCCCCCCCCCCCCCCCCC(=O)O[C@H](COC(=O)CCCCCCCCCCCCCCCCC(C)C)COP(=O)(O)OC[C@@H](O)COP(=O)(O)OC[C@@H](COC(=O)CCCCCCCCCCC)OC(=O)CCCCCCCCCCCCCCC. The molecule has 0 aromatic carbocycles. The maximum absolute atomic E-state index is 13.1. The fourth-order valence-corrected chi connectivity index (χ4v) is 13.6. The molecule has 0 bridgehead atoms. The number of hydrogen-bond acceptors (Lipinski definition) is 15. The van der Waals surface area contributed by atoms with Crippen molar-refractivity contribution >= 4 is 39.5 Å². The first-order valence-electron chi connectivity index (χ1n) is 40.6. The molecule has 19 heteroatoms. The number of rotatable bonds is 78. The van der Waals surface area contributed by atoms with Crippen molar-refractivity contribution in [2.24, 2.45) is 5.92 Å². The van der Waals surface area contributed by atoms with Gasteiger partial charge in [0.05, 0.1) is 26.4 Å². The Balaban J connectivity index is 5.22. The van der Waals surface area contributed by atoms with E-state index in [1.807, 2.05) is 0 Å². The number of aliphatic hydroxyl groups excluding tert-OH is 1. The van der Waals surface area contributed by atoms with E-state index in [0.717, 1.165) is 95.8 Å². The number of carbonyl (C=O) groups is 4. The highest BCUT2D eigenvalue weighted by atomic mass is 31.2. The first-order valence-corrected chi connectivity index (χ1v) is 43.6. The molecule has 17 nitrogen and oxygen atoms in total. The predicted molar refractivity (Wildman–Crippen MR) is 395 cm³/mol. The normalized spacial score (nSPS) is 13.9. The molecule has 0 radical (unpaired) electrons. The van der Waals surface area contributed by atoms with Gasteiger partial charge in [-0.05, 0) is 31.6 Å². The zero-order valence-electron chi connectivity index (χ0n) is 63.2. The molecule has 0 saturated carbocycles. The van der Waals surface area contributed by atoms with Crippen molar-refractivity contribution in [2.45, 2.75) is 432 Å². The number of esters is 4. The molecule has 0 spiro atoms. The van der Waals surface area contributed by atoms with Crippen LogP contribution in [0.25, 0.3) is 0 Å². The number of carbonyl (C=O) groups excluding carboxylic acids is 4. The summed E-state index contributed by atoms with van der Waals surface area (Å²) in [6.07, 6.45) is 61.0. The van der Waals surface area contributed by atoms with E-state index >= 15 is 0 Å². The molecule has 576 valence electrons. The summed E-state index contributed by atoms with van der Waals surface area (Å²) in [7, 11) is -9.91. The summed E-state index contributed by atoms with van der Waals surface area (Å²) in [6, 6.07) is 0. The topological polar surface area (TPSA) is 237 Å². The molecule has 0 aromatic heterocycles. The maximum Gasteiger partial charge on any atom is 0.472 e. The summed E-state index contributed by atoms with van der Waals surface area (Å²) in [5.41, 5.74) is 0. The van der Waals surface area contributed by atoms with Crippen LogP contribution in [0.4, 0.5) is 0 Å². The second-order valence-electron chi connectivity index (χ2n) is 28.6. The summed E-state index contributed by atoms with van der Waals surface area (Å²) in [4.78, 5) is 72.9. The lowest BCUT2D eigenvalue weighted by atomic mass is 10.0. The Bertz CT molecular complexity index is 1860. The first-order chi connectivity index (χ1) is 47.0. The molecule has 0 saturated heterocycles. The molecule has 0 heterocycles.